The molecule has 6 amide bonds. The fourth-order valence-electron chi connectivity index (χ4n) is 7.13. The minimum absolute atomic E-state index is 0. The fourth-order valence-corrected chi connectivity index (χ4v) is 7.13. The Balaban J connectivity index is 0.000000607. The smallest absolute Gasteiger partial charge is 0.414 e. The van der Waals surface area contributed by atoms with Crippen LogP contribution in [0.5, 0.6) is 0 Å². The second kappa shape index (κ2) is 27.6. The molecule has 0 aromatic heterocycles. The lowest BCUT2D eigenvalue weighted by Crippen LogP contribution is -2.51. The van der Waals surface area contributed by atoms with Crippen LogP contribution < -0.4 is 32.3 Å². The van der Waals surface area contributed by atoms with Crippen molar-refractivity contribution in [1.29, 1.82) is 0 Å². The highest BCUT2D eigenvalue weighted by Crippen LogP contribution is 2.37. The summed E-state index contributed by atoms with van der Waals surface area (Å²) in [6.45, 7) is 15.0. The van der Waals surface area contributed by atoms with Gasteiger partial charge in [0.2, 0.25) is 37.2 Å². The Morgan fingerprint density at radius 3 is 1.30 bits per heavy atom. The highest BCUT2D eigenvalue weighted by atomic mass is 35.5. The Bertz CT molecular complexity index is 1880. The SMILES string of the molecule is CC.CCC1(c2ccc(NC(=O)OCOC(=O)C(CN)C(C)C)cc2)CCC(=O)NC1=O.CCC1(c2ccc(NC(=O)OCOC(=O)C(CNC)C(C)C)cc2)CCC(=O)NC1=O.Cl. The van der Waals surface area contributed by atoms with Gasteiger partial charge < -0.3 is 30.0 Å². The van der Waals surface area contributed by atoms with Crippen molar-refractivity contribution in [2.75, 3.05) is 44.4 Å². The van der Waals surface area contributed by atoms with E-state index in [0.717, 1.165) is 11.1 Å². The molecule has 4 rings (SSSR count). The van der Waals surface area contributed by atoms with E-state index in [9.17, 15) is 38.4 Å². The number of piperidine rings is 2. The minimum atomic E-state index is -0.782. The van der Waals surface area contributed by atoms with Crippen LogP contribution in [0.15, 0.2) is 48.5 Å². The second-order valence-corrected chi connectivity index (χ2v) is 15.6. The molecule has 2 aliphatic rings. The normalized spacial score (nSPS) is 18.8. The summed E-state index contributed by atoms with van der Waals surface area (Å²) >= 11 is 0. The van der Waals surface area contributed by atoms with Crippen LogP contribution in [0.2, 0.25) is 0 Å². The van der Waals surface area contributed by atoms with E-state index >= 15 is 0 Å². The van der Waals surface area contributed by atoms with Crippen molar-refractivity contribution in [2.45, 2.75) is 105 Å². The standard InChI is InChI=1S/C22H31N3O6.C21H29N3O6.C2H6.ClH/c1-5-22(11-10-18(26)25-20(22)28)15-6-8-16(9-7-15)24-21(29)31-13-30-19(27)17(12-23-4)14(2)3;1-4-21(10-9-17(25)24-19(21)27)14-5-7-15(8-6-14)23-20(28)30-12-29-18(26)16(11-22)13(2)3;1-2;/h6-9,14,17,23H,5,10-13H2,1-4H3,(H,24,29)(H,25,26,28);5-8,13,16H,4,9-12,22H2,1-3H3,(H,23,28)(H,24,25,27);1-2H3;1H. The molecule has 0 spiro atoms. The molecule has 18 nitrogen and oxygen atoms in total. The number of rotatable bonds is 17. The van der Waals surface area contributed by atoms with Gasteiger partial charge in [-0.2, -0.15) is 0 Å². The Kier molecular flexibility index (Phi) is 24.3. The number of nitrogens with two attached hydrogens (primary N) is 1. The summed E-state index contributed by atoms with van der Waals surface area (Å²) in [5.41, 5.74) is 6.48. The zero-order chi connectivity index (χ0) is 47.3. The molecule has 2 aromatic rings. The molecule has 0 saturated carbocycles. The predicted molar refractivity (Wildman–Crippen MR) is 242 cm³/mol. The van der Waals surface area contributed by atoms with Crippen molar-refractivity contribution in [2.24, 2.45) is 29.4 Å². The molecule has 2 fully saturated rings. The van der Waals surface area contributed by atoms with Gasteiger partial charge in [0, 0.05) is 37.3 Å². The topological polar surface area (TPSA) is 260 Å². The molecular weight excluding hydrogens is 852 g/mol. The molecule has 19 heteroatoms. The van der Waals surface area contributed by atoms with Crippen molar-refractivity contribution in [3.8, 4) is 0 Å². The van der Waals surface area contributed by atoms with Crippen LogP contribution in [0.3, 0.4) is 0 Å². The number of ether oxygens (including phenoxy) is 4. The summed E-state index contributed by atoms with van der Waals surface area (Å²) in [4.78, 5) is 95.7. The Labute approximate surface area is 382 Å². The van der Waals surface area contributed by atoms with Gasteiger partial charge >= 0.3 is 24.1 Å². The maximum Gasteiger partial charge on any atom is 0.414 e. The average molecular weight is 920 g/mol. The largest absolute Gasteiger partial charge is 0.428 e. The number of carbonyl (C=O) groups excluding carboxylic acids is 8. The molecule has 0 radical (unpaired) electrons. The lowest BCUT2D eigenvalue weighted by atomic mass is 9.72. The molecule has 4 atom stereocenters. The zero-order valence-corrected chi connectivity index (χ0v) is 39.2. The second-order valence-electron chi connectivity index (χ2n) is 15.6. The quantitative estimate of drug-likeness (QED) is 0.0622. The number of hydrogen-bond donors (Lipinski definition) is 6. The van der Waals surface area contributed by atoms with Crippen molar-refractivity contribution in [1.82, 2.24) is 16.0 Å². The number of nitrogens with one attached hydrogen (secondary N) is 5. The summed E-state index contributed by atoms with van der Waals surface area (Å²) in [7, 11) is 1.75. The van der Waals surface area contributed by atoms with Crippen LogP contribution in [-0.2, 0) is 58.5 Å². The van der Waals surface area contributed by atoms with E-state index in [0.29, 0.717) is 43.6 Å². The first-order valence-electron chi connectivity index (χ1n) is 21.4. The summed E-state index contributed by atoms with van der Waals surface area (Å²) in [5.74, 6) is -2.77. The molecule has 2 aromatic carbocycles. The highest BCUT2D eigenvalue weighted by molar-refractivity contribution is 6.04. The lowest BCUT2D eigenvalue weighted by Gasteiger charge is -2.35. The highest BCUT2D eigenvalue weighted by Gasteiger charge is 2.43. The Hall–Kier alpha value is -5.59. The average Bonchev–Trinajstić information content (AvgIpc) is 3.25. The summed E-state index contributed by atoms with van der Waals surface area (Å²) in [5, 5.41) is 12.8. The first kappa shape index (κ1) is 56.4. The molecule has 4 unspecified atom stereocenters. The van der Waals surface area contributed by atoms with Gasteiger partial charge in [-0.1, -0.05) is 79.7 Å². The van der Waals surface area contributed by atoms with Gasteiger partial charge in [0.25, 0.3) is 0 Å². The van der Waals surface area contributed by atoms with E-state index < -0.39 is 54.5 Å². The Morgan fingerprint density at radius 2 is 1.00 bits per heavy atom. The van der Waals surface area contributed by atoms with Gasteiger partial charge in [-0.3, -0.25) is 50.0 Å². The maximum atomic E-state index is 12.5. The monoisotopic (exact) mass is 918 g/mol. The number of halogens is 1. The number of hydrogen-bond acceptors (Lipinski definition) is 14. The summed E-state index contributed by atoms with van der Waals surface area (Å²) in [6, 6.07) is 13.6. The summed E-state index contributed by atoms with van der Waals surface area (Å²) in [6.07, 6.45) is 1.01. The Morgan fingerprint density at radius 1 is 0.641 bits per heavy atom. The number of benzene rings is 2. The van der Waals surface area contributed by atoms with E-state index in [1.807, 2.05) is 55.4 Å². The van der Waals surface area contributed by atoms with Crippen molar-refractivity contribution in [3.05, 3.63) is 59.7 Å². The molecule has 356 valence electrons. The number of amides is 6. The van der Waals surface area contributed by atoms with Crippen molar-refractivity contribution >= 4 is 71.5 Å². The van der Waals surface area contributed by atoms with Gasteiger partial charge in [-0.05, 0) is 80.0 Å². The molecule has 2 heterocycles. The van der Waals surface area contributed by atoms with Gasteiger partial charge in [-0.25, -0.2) is 9.59 Å². The number of imide groups is 2. The van der Waals surface area contributed by atoms with E-state index in [4.69, 9.17) is 24.7 Å². The van der Waals surface area contributed by atoms with Crippen LogP contribution in [0.4, 0.5) is 21.0 Å². The predicted octanol–water partition coefficient (Wildman–Crippen LogP) is 5.81. The number of carbonyl (C=O) groups is 8. The molecule has 2 aliphatic heterocycles. The van der Waals surface area contributed by atoms with Gasteiger partial charge in [0.1, 0.15) is 0 Å². The van der Waals surface area contributed by atoms with Gasteiger partial charge in [-0.15, -0.1) is 12.4 Å². The zero-order valence-electron chi connectivity index (χ0n) is 38.4. The van der Waals surface area contributed by atoms with Crippen molar-refractivity contribution < 1.29 is 57.3 Å². The van der Waals surface area contributed by atoms with E-state index in [1.165, 1.54) is 0 Å². The first-order chi connectivity index (χ1) is 30.0. The van der Waals surface area contributed by atoms with E-state index in [-0.39, 0.29) is 73.2 Å². The third kappa shape index (κ3) is 15.6. The van der Waals surface area contributed by atoms with Gasteiger partial charge in [0.15, 0.2) is 0 Å². The maximum absolute atomic E-state index is 12.5. The first-order valence-corrected chi connectivity index (χ1v) is 21.4. The van der Waals surface area contributed by atoms with Gasteiger partial charge in [0.05, 0.1) is 22.7 Å². The number of anilines is 2. The molecule has 7 N–H and O–H groups in total. The van der Waals surface area contributed by atoms with E-state index in [1.54, 1.807) is 55.6 Å². The molecule has 0 bridgehead atoms. The van der Waals surface area contributed by atoms with Crippen LogP contribution in [0.1, 0.15) is 105 Å². The molecule has 0 aliphatic carbocycles. The lowest BCUT2D eigenvalue weighted by molar-refractivity contribution is -0.159. The fraction of sp³-hybridized carbons (Fsp3) is 0.556. The van der Waals surface area contributed by atoms with Crippen LogP contribution >= 0.6 is 12.4 Å². The van der Waals surface area contributed by atoms with Crippen LogP contribution in [0, 0.1) is 23.7 Å². The summed E-state index contributed by atoms with van der Waals surface area (Å²) < 4.78 is 19.8. The van der Waals surface area contributed by atoms with E-state index in [2.05, 4.69) is 26.6 Å². The van der Waals surface area contributed by atoms with Crippen molar-refractivity contribution in [3.63, 3.8) is 0 Å². The molecule has 64 heavy (non-hydrogen) atoms. The molecular formula is C45H67ClN6O12. The minimum Gasteiger partial charge on any atom is -0.428 e. The number of esters is 2. The van der Waals surface area contributed by atoms with Crippen LogP contribution in [0.25, 0.3) is 0 Å². The molecule has 2 saturated heterocycles. The van der Waals surface area contributed by atoms with Crippen LogP contribution in [-0.4, -0.2) is 81.5 Å². The third-order valence-corrected chi connectivity index (χ3v) is 11.2. The third-order valence-electron chi connectivity index (χ3n) is 11.2.